The second kappa shape index (κ2) is 5.45. The highest BCUT2D eigenvalue weighted by Crippen LogP contribution is 2.29. The summed E-state index contributed by atoms with van der Waals surface area (Å²) in [5.41, 5.74) is -0.0188. The van der Waals surface area contributed by atoms with Crippen molar-refractivity contribution >= 4 is 0 Å². The number of H-pyrrole nitrogens is 1. The first-order valence-corrected chi connectivity index (χ1v) is 7.79. The van der Waals surface area contributed by atoms with Crippen LogP contribution in [0.2, 0.25) is 0 Å². The molecule has 1 aromatic heterocycles. The minimum Gasteiger partial charge on any atom is -0.368 e. The molecule has 0 unspecified atom stereocenters. The zero-order chi connectivity index (χ0) is 14.2. The molecule has 5 nitrogen and oxygen atoms in total. The summed E-state index contributed by atoms with van der Waals surface area (Å²) >= 11 is 0. The molecule has 1 saturated carbocycles. The van der Waals surface area contributed by atoms with Gasteiger partial charge in [-0.15, -0.1) is 0 Å². The van der Waals surface area contributed by atoms with Crippen molar-refractivity contribution in [2.24, 2.45) is 5.92 Å². The fourth-order valence-electron chi connectivity index (χ4n) is 2.83. The molecule has 0 bridgehead atoms. The molecule has 1 N–H and O–H groups in total. The molecule has 1 aliphatic heterocycles. The molecular formula is C15H26N4O. The van der Waals surface area contributed by atoms with Crippen molar-refractivity contribution in [3.8, 4) is 0 Å². The first-order chi connectivity index (χ1) is 9.52. The number of morpholine rings is 1. The SMILES string of the molecule is CC(C)(C)c1n[nH]c([C@@H]2CN(CC3CCC3)CCO2)n1. The monoisotopic (exact) mass is 278 g/mol. The molecular weight excluding hydrogens is 252 g/mol. The van der Waals surface area contributed by atoms with E-state index in [0.717, 1.165) is 37.3 Å². The fourth-order valence-corrected chi connectivity index (χ4v) is 2.83. The summed E-state index contributed by atoms with van der Waals surface area (Å²) in [4.78, 5) is 7.16. The summed E-state index contributed by atoms with van der Waals surface area (Å²) < 4.78 is 5.88. The molecule has 2 aliphatic rings. The van der Waals surface area contributed by atoms with Crippen molar-refractivity contribution in [1.82, 2.24) is 20.1 Å². The predicted molar refractivity (Wildman–Crippen MR) is 77.6 cm³/mol. The van der Waals surface area contributed by atoms with E-state index in [-0.39, 0.29) is 11.5 Å². The lowest BCUT2D eigenvalue weighted by atomic mass is 9.85. The number of aromatic nitrogens is 3. The average Bonchev–Trinajstić information content (AvgIpc) is 2.84. The lowest BCUT2D eigenvalue weighted by Crippen LogP contribution is -2.42. The molecule has 5 heteroatoms. The zero-order valence-corrected chi connectivity index (χ0v) is 12.9. The summed E-state index contributed by atoms with van der Waals surface area (Å²) in [7, 11) is 0. The molecule has 0 radical (unpaired) electrons. The van der Waals surface area contributed by atoms with E-state index in [1.54, 1.807) is 0 Å². The molecule has 0 spiro atoms. The van der Waals surface area contributed by atoms with Crippen molar-refractivity contribution in [3.05, 3.63) is 11.6 Å². The van der Waals surface area contributed by atoms with Crippen LogP contribution in [0.4, 0.5) is 0 Å². The average molecular weight is 278 g/mol. The van der Waals surface area contributed by atoms with Crippen LogP contribution in [-0.4, -0.2) is 46.3 Å². The first kappa shape index (κ1) is 14.0. The summed E-state index contributed by atoms with van der Waals surface area (Å²) in [5, 5.41) is 7.41. The van der Waals surface area contributed by atoms with Gasteiger partial charge in [0, 0.05) is 25.0 Å². The second-order valence-electron chi connectivity index (χ2n) is 7.21. The lowest BCUT2D eigenvalue weighted by molar-refractivity contribution is -0.0419. The van der Waals surface area contributed by atoms with Crippen molar-refractivity contribution < 1.29 is 4.74 Å². The third kappa shape index (κ3) is 3.04. The van der Waals surface area contributed by atoms with Crippen molar-refractivity contribution in [1.29, 1.82) is 0 Å². The Hall–Kier alpha value is -0.940. The number of nitrogens with one attached hydrogen (secondary N) is 1. The number of hydrogen-bond donors (Lipinski definition) is 1. The number of aromatic amines is 1. The Kier molecular flexibility index (Phi) is 3.82. The van der Waals surface area contributed by atoms with Gasteiger partial charge in [0.05, 0.1) is 6.61 Å². The van der Waals surface area contributed by atoms with Gasteiger partial charge in [0.15, 0.2) is 11.6 Å². The Morgan fingerprint density at radius 1 is 1.35 bits per heavy atom. The van der Waals surface area contributed by atoms with Gasteiger partial charge >= 0.3 is 0 Å². The van der Waals surface area contributed by atoms with Crippen LogP contribution in [0.5, 0.6) is 0 Å². The molecule has 1 aliphatic carbocycles. The van der Waals surface area contributed by atoms with Gasteiger partial charge in [-0.3, -0.25) is 10.00 Å². The van der Waals surface area contributed by atoms with Gasteiger partial charge in [-0.2, -0.15) is 5.10 Å². The fraction of sp³-hybridized carbons (Fsp3) is 0.867. The highest BCUT2D eigenvalue weighted by atomic mass is 16.5. The Morgan fingerprint density at radius 3 is 2.75 bits per heavy atom. The third-order valence-electron chi connectivity index (χ3n) is 4.37. The minimum atomic E-state index is -0.0188. The molecule has 3 rings (SSSR count). The van der Waals surface area contributed by atoms with Gasteiger partial charge in [-0.1, -0.05) is 27.2 Å². The Morgan fingerprint density at radius 2 is 2.15 bits per heavy atom. The van der Waals surface area contributed by atoms with Gasteiger partial charge in [0.2, 0.25) is 0 Å². The van der Waals surface area contributed by atoms with E-state index in [0.29, 0.717) is 0 Å². The summed E-state index contributed by atoms with van der Waals surface area (Å²) in [5.74, 6) is 2.66. The van der Waals surface area contributed by atoms with Gasteiger partial charge in [0.25, 0.3) is 0 Å². The summed E-state index contributed by atoms with van der Waals surface area (Å²) in [6, 6.07) is 0. The third-order valence-corrected chi connectivity index (χ3v) is 4.37. The number of hydrogen-bond acceptors (Lipinski definition) is 4. The maximum Gasteiger partial charge on any atom is 0.156 e. The zero-order valence-electron chi connectivity index (χ0n) is 12.9. The van der Waals surface area contributed by atoms with Crippen LogP contribution in [0, 0.1) is 5.92 Å². The van der Waals surface area contributed by atoms with E-state index in [9.17, 15) is 0 Å². The van der Waals surface area contributed by atoms with Gasteiger partial charge in [0.1, 0.15) is 6.10 Å². The van der Waals surface area contributed by atoms with Crippen LogP contribution in [0.25, 0.3) is 0 Å². The molecule has 0 aromatic carbocycles. The van der Waals surface area contributed by atoms with E-state index >= 15 is 0 Å². The molecule has 1 aromatic rings. The predicted octanol–water partition coefficient (Wildman–Crippen LogP) is 2.28. The number of rotatable bonds is 3. The van der Waals surface area contributed by atoms with Crippen LogP contribution < -0.4 is 0 Å². The lowest BCUT2D eigenvalue weighted by Gasteiger charge is -2.36. The van der Waals surface area contributed by atoms with E-state index in [1.807, 2.05) is 0 Å². The van der Waals surface area contributed by atoms with E-state index in [1.165, 1.54) is 25.8 Å². The van der Waals surface area contributed by atoms with Crippen molar-refractivity contribution in [3.63, 3.8) is 0 Å². The van der Waals surface area contributed by atoms with E-state index in [2.05, 4.69) is 40.9 Å². The molecule has 2 fully saturated rings. The molecule has 1 saturated heterocycles. The topological polar surface area (TPSA) is 54.0 Å². The summed E-state index contributed by atoms with van der Waals surface area (Å²) in [6.07, 6.45) is 4.26. The highest BCUT2D eigenvalue weighted by molar-refractivity contribution is 5.04. The standard InChI is InChI=1S/C15H26N4O/c1-15(2,3)14-16-13(17-18-14)12-10-19(7-8-20-12)9-11-5-4-6-11/h11-12H,4-10H2,1-3H3,(H,16,17,18)/t12-/m0/s1. The van der Waals surface area contributed by atoms with Crippen LogP contribution >= 0.6 is 0 Å². The molecule has 0 amide bonds. The molecule has 2 heterocycles. The highest BCUT2D eigenvalue weighted by Gasteiger charge is 2.29. The van der Waals surface area contributed by atoms with Gasteiger partial charge in [-0.25, -0.2) is 4.98 Å². The van der Waals surface area contributed by atoms with Crippen LogP contribution in [0.1, 0.15) is 57.8 Å². The Balaban J connectivity index is 1.62. The number of nitrogens with zero attached hydrogens (tertiary/aromatic N) is 3. The Labute approximate surface area is 121 Å². The second-order valence-corrected chi connectivity index (χ2v) is 7.21. The first-order valence-electron chi connectivity index (χ1n) is 7.79. The smallest absolute Gasteiger partial charge is 0.156 e. The minimum absolute atomic E-state index is 0.0188. The Bertz CT molecular complexity index is 447. The maximum atomic E-state index is 5.88. The van der Waals surface area contributed by atoms with Crippen LogP contribution in [0.15, 0.2) is 0 Å². The van der Waals surface area contributed by atoms with E-state index in [4.69, 9.17) is 4.74 Å². The summed E-state index contributed by atoms with van der Waals surface area (Å²) in [6.45, 7) is 10.4. The van der Waals surface area contributed by atoms with Gasteiger partial charge < -0.3 is 4.74 Å². The van der Waals surface area contributed by atoms with Crippen molar-refractivity contribution in [2.45, 2.75) is 51.6 Å². The van der Waals surface area contributed by atoms with Crippen LogP contribution in [-0.2, 0) is 10.2 Å². The molecule has 1 atom stereocenters. The molecule has 112 valence electrons. The maximum absolute atomic E-state index is 5.88. The molecule has 20 heavy (non-hydrogen) atoms. The number of ether oxygens (including phenoxy) is 1. The normalized spacial score (nSPS) is 25.6. The quantitative estimate of drug-likeness (QED) is 0.921. The van der Waals surface area contributed by atoms with E-state index < -0.39 is 0 Å². The van der Waals surface area contributed by atoms with Crippen molar-refractivity contribution in [2.75, 3.05) is 26.2 Å². The largest absolute Gasteiger partial charge is 0.368 e. The van der Waals surface area contributed by atoms with Crippen LogP contribution in [0.3, 0.4) is 0 Å². The van der Waals surface area contributed by atoms with Gasteiger partial charge in [-0.05, 0) is 18.8 Å².